The number of anilines is 1. The van der Waals surface area contributed by atoms with Gasteiger partial charge in [0.25, 0.3) is 5.91 Å². The number of ether oxygens (including phenoxy) is 1. The van der Waals surface area contributed by atoms with Gasteiger partial charge in [0.2, 0.25) is 5.89 Å². The van der Waals surface area contributed by atoms with Gasteiger partial charge in [-0.2, -0.15) is 0 Å². The summed E-state index contributed by atoms with van der Waals surface area (Å²) in [5, 5.41) is 2.92. The van der Waals surface area contributed by atoms with Crippen LogP contribution in [0.25, 0.3) is 33.7 Å². The third kappa shape index (κ3) is 4.48. The number of hydrogen-bond donors (Lipinski definition) is 1. The van der Waals surface area contributed by atoms with Gasteiger partial charge in [-0.3, -0.25) is 4.79 Å². The van der Waals surface area contributed by atoms with Crippen molar-refractivity contribution in [2.45, 2.75) is 6.92 Å². The van der Waals surface area contributed by atoms with Gasteiger partial charge in [-0.05, 0) is 72.6 Å². The lowest BCUT2D eigenvalue weighted by Crippen LogP contribution is -2.11. The highest BCUT2D eigenvalue weighted by Gasteiger charge is 2.11. The number of nitrogens with one attached hydrogen (secondary N) is 1. The Kier molecular flexibility index (Phi) is 5.60. The van der Waals surface area contributed by atoms with Crippen molar-refractivity contribution < 1.29 is 13.9 Å². The van der Waals surface area contributed by atoms with Gasteiger partial charge in [0.1, 0.15) is 11.3 Å². The van der Waals surface area contributed by atoms with Gasteiger partial charge in [0, 0.05) is 16.8 Å². The second kappa shape index (κ2) is 9.01. The molecule has 0 aliphatic carbocycles. The largest absolute Gasteiger partial charge is 0.494 e. The van der Waals surface area contributed by atoms with Crippen LogP contribution in [0, 0.1) is 0 Å². The molecule has 1 amide bonds. The number of nitrogens with zero attached hydrogens (tertiary/aromatic N) is 1. The number of benzene rings is 4. The van der Waals surface area contributed by atoms with E-state index < -0.39 is 0 Å². The molecule has 162 valence electrons. The third-order valence-electron chi connectivity index (χ3n) is 5.31. The fraction of sp³-hybridized carbons (Fsp3) is 0.0714. The minimum Gasteiger partial charge on any atom is -0.494 e. The number of aromatic nitrogens is 1. The van der Waals surface area contributed by atoms with E-state index in [4.69, 9.17) is 9.15 Å². The molecule has 0 fully saturated rings. The van der Waals surface area contributed by atoms with Gasteiger partial charge < -0.3 is 14.5 Å². The molecule has 4 aromatic carbocycles. The van der Waals surface area contributed by atoms with Crippen LogP contribution >= 0.6 is 0 Å². The monoisotopic (exact) mass is 434 g/mol. The van der Waals surface area contributed by atoms with Crippen molar-refractivity contribution in [1.29, 1.82) is 0 Å². The Labute approximate surface area is 191 Å². The normalized spacial score (nSPS) is 10.8. The van der Waals surface area contributed by atoms with E-state index in [0.717, 1.165) is 22.4 Å². The summed E-state index contributed by atoms with van der Waals surface area (Å²) in [6.07, 6.45) is 0. The van der Waals surface area contributed by atoms with Gasteiger partial charge >= 0.3 is 0 Å². The topological polar surface area (TPSA) is 64.4 Å². The number of carbonyl (C=O) groups is 1. The Hall–Kier alpha value is -4.38. The minimum atomic E-state index is -0.197. The Morgan fingerprint density at radius 3 is 2.27 bits per heavy atom. The molecule has 0 saturated carbocycles. The van der Waals surface area contributed by atoms with Crippen molar-refractivity contribution in [1.82, 2.24) is 4.98 Å². The molecule has 0 unspecified atom stereocenters. The first-order chi connectivity index (χ1) is 16.2. The van der Waals surface area contributed by atoms with E-state index in [1.165, 1.54) is 0 Å². The maximum atomic E-state index is 12.6. The summed E-state index contributed by atoms with van der Waals surface area (Å²) >= 11 is 0. The quantitative estimate of drug-likeness (QED) is 0.319. The van der Waals surface area contributed by atoms with Gasteiger partial charge in [0.15, 0.2) is 5.58 Å². The highest BCUT2D eigenvalue weighted by Crippen LogP contribution is 2.28. The highest BCUT2D eigenvalue weighted by molar-refractivity contribution is 6.05. The number of oxazole rings is 1. The van der Waals surface area contributed by atoms with E-state index in [0.29, 0.717) is 34.8 Å². The van der Waals surface area contributed by atoms with Gasteiger partial charge in [-0.15, -0.1) is 0 Å². The van der Waals surface area contributed by atoms with E-state index in [-0.39, 0.29) is 5.91 Å². The predicted molar refractivity (Wildman–Crippen MR) is 130 cm³/mol. The smallest absolute Gasteiger partial charge is 0.255 e. The fourth-order valence-corrected chi connectivity index (χ4v) is 3.64. The van der Waals surface area contributed by atoms with Crippen molar-refractivity contribution in [2.75, 3.05) is 11.9 Å². The van der Waals surface area contributed by atoms with Crippen LogP contribution in [0.15, 0.2) is 101 Å². The van der Waals surface area contributed by atoms with Crippen LogP contribution in [-0.2, 0) is 0 Å². The van der Waals surface area contributed by atoms with Crippen LogP contribution in [0.2, 0.25) is 0 Å². The standard InChI is InChI=1S/C28H22N2O3/c1-2-32-24-15-12-21(13-16-24)27(31)29-23-14-17-26-25(18-23)30-28(33-26)22-10-8-20(9-11-22)19-6-4-3-5-7-19/h3-18H,2H2,1H3,(H,29,31). The summed E-state index contributed by atoms with van der Waals surface area (Å²) in [4.78, 5) is 17.2. The van der Waals surface area contributed by atoms with Crippen molar-refractivity contribution in [3.63, 3.8) is 0 Å². The molecule has 0 bridgehead atoms. The molecule has 5 rings (SSSR count). The van der Waals surface area contributed by atoms with Crippen LogP contribution < -0.4 is 10.1 Å². The molecule has 5 aromatic rings. The Balaban J connectivity index is 1.34. The zero-order chi connectivity index (χ0) is 22.6. The SMILES string of the molecule is CCOc1ccc(C(=O)Nc2ccc3oc(-c4ccc(-c5ccccc5)cc4)nc3c2)cc1. The molecule has 1 N–H and O–H groups in total. The molecule has 0 aliphatic heterocycles. The van der Waals surface area contributed by atoms with Gasteiger partial charge in [-0.25, -0.2) is 4.98 Å². The molecule has 33 heavy (non-hydrogen) atoms. The molecule has 5 heteroatoms. The Morgan fingerprint density at radius 2 is 1.55 bits per heavy atom. The summed E-state index contributed by atoms with van der Waals surface area (Å²) < 4.78 is 11.4. The zero-order valence-corrected chi connectivity index (χ0v) is 18.1. The summed E-state index contributed by atoms with van der Waals surface area (Å²) in [6.45, 7) is 2.51. The van der Waals surface area contributed by atoms with Crippen LogP contribution in [0.4, 0.5) is 5.69 Å². The number of rotatable bonds is 6. The van der Waals surface area contributed by atoms with Crippen LogP contribution in [0.5, 0.6) is 5.75 Å². The molecule has 1 aromatic heterocycles. The lowest BCUT2D eigenvalue weighted by Gasteiger charge is -2.06. The second-order valence-electron chi connectivity index (χ2n) is 7.56. The molecular weight excluding hydrogens is 412 g/mol. The first kappa shape index (κ1) is 20.5. The molecule has 0 aliphatic rings. The lowest BCUT2D eigenvalue weighted by atomic mass is 10.0. The average Bonchev–Trinajstić information content (AvgIpc) is 3.29. The van der Waals surface area contributed by atoms with Crippen molar-refractivity contribution in [3.05, 3.63) is 103 Å². The summed E-state index contributed by atoms with van der Waals surface area (Å²) in [6, 6.07) is 30.8. The zero-order valence-electron chi connectivity index (χ0n) is 18.1. The van der Waals surface area contributed by atoms with Crippen molar-refractivity contribution in [3.8, 4) is 28.3 Å². The molecule has 0 radical (unpaired) electrons. The number of fused-ring (bicyclic) bond motifs is 1. The van der Waals surface area contributed by atoms with Gasteiger partial charge in [-0.1, -0.05) is 42.5 Å². The lowest BCUT2D eigenvalue weighted by molar-refractivity contribution is 0.102. The Morgan fingerprint density at radius 1 is 0.848 bits per heavy atom. The minimum absolute atomic E-state index is 0.197. The first-order valence-corrected chi connectivity index (χ1v) is 10.8. The van der Waals surface area contributed by atoms with Crippen LogP contribution in [0.1, 0.15) is 17.3 Å². The number of hydrogen-bond acceptors (Lipinski definition) is 4. The van der Waals surface area contributed by atoms with Crippen LogP contribution in [0.3, 0.4) is 0 Å². The molecule has 0 spiro atoms. The molecule has 1 heterocycles. The van der Waals surface area contributed by atoms with E-state index in [1.54, 1.807) is 24.3 Å². The van der Waals surface area contributed by atoms with E-state index in [1.807, 2.05) is 55.5 Å². The number of amides is 1. The molecule has 5 nitrogen and oxygen atoms in total. The maximum absolute atomic E-state index is 12.6. The van der Waals surface area contributed by atoms with Crippen molar-refractivity contribution in [2.24, 2.45) is 0 Å². The van der Waals surface area contributed by atoms with E-state index >= 15 is 0 Å². The third-order valence-corrected chi connectivity index (χ3v) is 5.31. The predicted octanol–water partition coefficient (Wildman–Crippen LogP) is 6.81. The van der Waals surface area contributed by atoms with Gasteiger partial charge in [0.05, 0.1) is 6.61 Å². The second-order valence-corrected chi connectivity index (χ2v) is 7.56. The van der Waals surface area contributed by atoms with E-state index in [2.05, 4.69) is 34.6 Å². The maximum Gasteiger partial charge on any atom is 0.255 e. The van der Waals surface area contributed by atoms with E-state index in [9.17, 15) is 4.79 Å². The highest BCUT2D eigenvalue weighted by atomic mass is 16.5. The van der Waals surface area contributed by atoms with Crippen LogP contribution in [-0.4, -0.2) is 17.5 Å². The summed E-state index contributed by atoms with van der Waals surface area (Å²) in [7, 11) is 0. The molecular formula is C28H22N2O3. The van der Waals surface area contributed by atoms with Crippen molar-refractivity contribution >= 4 is 22.7 Å². The molecule has 0 atom stereocenters. The Bertz CT molecular complexity index is 1390. The fourth-order valence-electron chi connectivity index (χ4n) is 3.64. The summed E-state index contributed by atoms with van der Waals surface area (Å²) in [5.41, 5.74) is 5.74. The average molecular weight is 434 g/mol. The molecule has 0 saturated heterocycles. The number of carbonyl (C=O) groups excluding carboxylic acids is 1. The summed E-state index contributed by atoms with van der Waals surface area (Å²) in [5.74, 6) is 1.08. The first-order valence-electron chi connectivity index (χ1n) is 10.8.